The van der Waals surface area contributed by atoms with Gasteiger partial charge in [-0.25, -0.2) is 0 Å². The Morgan fingerprint density at radius 1 is 1.32 bits per heavy atom. The number of benzene rings is 1. The van der Waals surface area contributed by atoms with Crippen molar-refractivity contribution in [2.24, 2.45) is 0 Å². The van der Waals surface area contributed by atoms with Crippen LogP contribution in [-0.2, 0) is 9.53 Å². The lowest BCUT2D eigenvalue weighted by molar-refractivity contribution is -0.148. The Labute approximate surface area is 120 Å². The number of ether oxygens (including phenoxy) is 1. The molecule has 1 aromatic rings. The summed E-state index contributed by atoms with van der Waals surface area (Å²) in [5.41, 5.74) is 0. The van der Waals surface area contributed by atoms with Crippen molar-refractivity contribution in [1.82, 2.24) is 4.90 Å². The summed E-state index contributed by atoms with van der Waals surface area (Å²) >= 11 is 1.78. The van der Waals surface area contributed by atoms with Gasteiger partial charge in [0.2, 0.25) is 0 Å². The Balaban J connectivity index is 2.10. The molecular weight excluding hydrogens is 258 g/mol. The predicted octanol–water partition coefficient (Wildman–Crippen LogP) is 3.05. The van der Waals surface area contributed by atoms with Crippen molar-refractivity contribution in [1.29, 1.82) is 0 Å². The van der Waals surface area contributed by atoms with Crippen LogP contribution >= 0.6 is 11.8 Å². The van der Waals surface area contributed by atoms with Gasteiger partial charge in [-0.1, -0.05) is 18.2 Å². The van der Waals surface area contributed by atoms with E-state index in [1.807, 2.05) is 44.1 Å². The zero-order valence-corrected chi connectivity index (χ0v) is 12.8. The second-order valence-electron chi connectivity index (χ2n) is 4.83. The van der Waals surface area contributed by atoms with Crippen LogP contribution in [0.2, 0.25) is 0 Å². The molecule has 0 bridgehead atoms. The van der Waals surface area contributed by atoms with Crippen molar-refractivity contribution in [3.8, 4) is 0 Å². The molecule has 4 heteroatoms. The number of likely N-dealkylation sites (N-methyl/N-ethyl adjacent to an activating group) is 1. The molecule has 0 amide bonds. The number of hydrogen-bond donors (Lipinski definition) is 0. The number of carbonyl (C=O) groups excluding carboxylic acids is 1. The lowest BCUT2D eigenvalue weighted by Gasteiger charge is -2.17. The zero-order valence-electron chi connectivity index (χ0n) is 12.0. The van der Waals surface area contributed by atoms with Crippen LogP contribution in [0.25, 0.3) is 0 Å². The first-order valence-corrected chi connectivity index (χ1v) is 7.58. The van der Waals surface area contributed by atoms with Gasteiger partial charge in [-0.2, -0.15) is 0 Å². The van der Waals surface area contributed by atoms with Gasteiger partial charge in [0, 0.05) is 17.9 Å². The molecule has 0 N–H and O–H groups in total. The van der Waals surface area contributed by atoms with E-state index in [4.69, 9.17) is 4.74 Å². The van der Waals surface area contributed by atoms with E-state index in [1.165, 1.54) is 4.90 Å². The summed E-state index contributed by atoms with van der Waals surface area (Å²) in [7, 11) is 3.95. The quantitative estimate of drug-likeness (QED) is 0.416. The standard InChI is InChI=1S/C15H23NO2S/c1-13(12-16(2)3)18-15(17)10-7-11-19-14-8-5-4-6-9-14/h4-6,8-9,13H,7,10-12H2,1-3H3/t13-/m1/s1. The van der Waals surface area contributed by atoms with Crippen molar-refractivity contribution in [3.63, 3.8) is 0 Å². The van der Waals surface area contributed by atoms with Gasteiger partial charge in [0.15, 0.2) is 0 Å². The van der Waals surface area contributed by atoms with Crippen LogP contribution in [0.15, 0.2) is 35.2 Å². The molecular formula is C15H23NO2S. The highest BCUT2D eigenvalue weighted by molar-refractivity contribution is 7.99. The topological polar surface area (TPSA) is 29.5 Å². The fraction of sp³-hybridized carbons (Fsp3) is 0.533. The van der Waals surface area contributed by atoms with Gasteiger partial charge in [-0.3, -0.25) is 4.79 Å². The summed E-state index contributed by atoms with van der Waals surface area (Å²) in [6, 6.07) is 10.2. The molecule has 0 aliphatic rings. The highest BCUT2D eigenvalue weighted by atomic mass is 32.2. The molecule has 1 aromatic carbocycles. The Morgan fingerprint density at radius 3 is 2.63 bits per heavy atom. The first-order valence-electron chi connectivity index (χ1n) is 6.60. The molecule has 0 saturated heterocycles. The van der Waals surface area contributed by atoms with Crippen LogP contribution in [0.1, 0.15) is 19.8 Å². The number of esters is 1. The molecule has 0 unspecified atom stereocenters. The highest BCUT2D eigenvalue weighted by Gasteiger charge is 2.09. The summed E-state index contributed by atoms with van der Waals surface area (Å²) in [5, 5.41) is 0. The molecule has 1 atom stereocenters. The number of thioether (sulfide) groups is 1. The molecule has 19 heavy (non-hydrogen) atoms. The van der Waals surface area contributed by atoms with Crippen LogP contribution in [0.4, 0.5) is 0 Å². The minimum Gasteiger partial charge on any atom is -0.461 e. The van der Waals surface area contributed by atoms with Crippen molar-refractivity contribution in [3.05, 3.63) is 30.3 Å². The molecule has 0 aliphatic heterocycles. The van der Waals surface area contributed by atoms with E-state index in [-0.39, 0.29) is 12.1 Å². The fourth-order valence-electron chi connectivity index (χ4n) is 1.76. The van der Waals surface area contributed by atoms with E-state index in [0.29, 0.717) is 6.42 Å². The molecule has 1 rings (SSSR count). The molecule has 0 aromatic heterocycles. The number of nitrogens with zero attached hydrogens (tertiary/aromatic N) is 1. The monoisotopic (exact) mass is 281 g/mol. The Morgan fingerprint density at radius 2 is 2.00 bits per heavy atom. The number of carbonyl (C=O) groups is 1. The van der Waals surface area contributed by atoms with Crippen molar-refractivity contribution >= 4 is 17.7 Å². The first-order chi connectivity index (χ1) is 9.08. The Kier molecular flexibility index (Phi) is 7.60. The van der Waals surface area contributed by atoms with E-state index in [1.54, 1.807) is 11.8 Å². The minimum atomic E-state index is -0.0944. The molecule has 0 fully saturated rings. The molecule has 106 valence electrons. The van der Waals surface area contributed by atoms with Gasteiger partial charge < -0.3 is 9.64 Å². The van der Waals surface area contributed by atoms with Crippen LogP contribution in [0, 0.1) is 0 Å². The van der Waals surface area contributed by atoms with Gasteiger partial charge >= 0.3 is 5.97 Å². The average Bonchev–Trinajstić information content (AvgIpc) is 2.35. The van der Waals surface area contributed by atoms with Crippen LogP contribution in [0.5, 0.6) is 0 Å². The zero-order chi connectivity index (χ0) is 14.1. The molecule has 0 saturated carbocycles. The molecule has 0 heterocycles. The second kappa shape index (κ2) is 8.99. The summed E-state index contributed by atoms with van der Waals surface area (Å²) in [6.07, 6.45) is 1.31. The van der Waals surface area contributed by atoms with Gasteiger partial charge in [0.1, 0.15) is 6.10 Å². The van der Waals surface area contributed by atoms with E-state index in [2.05, 4.69) is 12.1 Å². The highest BCUT2D eigenvalue weighted by Crippen LogP contribution is 2.18. The van der Waals surface area contributed by atoms with Gasteiger partial charge in [-0.15, -0.1) is 11.8 Å². The van der Waals surface area contributed by atoms with E-state index >= 15 is 0 Å². The summed E-state index contributed by atoms with van der Waals surface area (Å²) in [5.74, 6) is 0.851. The number of hydrogen-bond acceptors (Lipinski definition) is 4. The predicted molar refractivity (Wildman–Crippen MR) is 80.5 cm³/mol. The summed E-state index contributed by atoms with van der Waals surface area (Å²) in [6.45, 7) is 2.70. The maximum Gasteiger partial charge on any atom is 0.306 e. The molecule has 0 aliphatic carbocycles. The van der Waals surface area contributed by atoms with Crippen molar-refractivity contribution in [2.45, 2.75) is 30.8 Å². The van der Waals surface area contributed by atoms with Gasteiger partial charge in [0.25, 0.3) is 0 Å². The Bertz CT molecular complexity index is 368. The normalized spacial score (nSPS) is 12.4. The largest absolute Gasteiger partial charge is 0.461 e. The van der Waals surface area contributed by atoms with Gasteiger partial charge in [-0.05, 0) is 45.3 Å². The van der Waals surface area contributed by atoms with Crippen molar-refractivity contribution in [2.75, 3.05) is 26.4 Å². The maximum atomic E-state index is 11.6. The maximum absolute atomic E-state index is 11.6. The second-order valence-corrected chi connectivity index (χ2v) is 6.00. The number of rotatable bonds is 8. The fourth-order valence-corrected chi connectivity index (χ4v) is 2.63. The van der Waals surface area contributed by atoms with Crippen LogP contribution < -0.4 is 0 Å². The third-order valence-electron chi connectivity index (χ3n) is 2.49. The van der Waals surface area contributed by atoms with E-state index < -0.39 is 0 Å². The first kappa shape index (κ1) is 16.1. The summed E-state index contributed by atoms with van der Waals surface area (Å²) < 4.78 is 5.32. The SMILES string of the molecule is C[C@H](CN(C)C)OC(=O)CCCSc1ccccc1. The van der Waals surface area contributed by atoms with E-state index in [9.17, 15) is 4.79 Å². The average molecular weight is 281 g/mol. The van der Waals surface area contributed by atoms with Crippen LogP contribution in [-0.4, -0.2) is 43.4 Å². The van der Waals surface area contributed by atoms with Crippen molar-refractivity contribution < 1.29 is 9.53 Å². The molecule has 0 radical (unpaired) electrons. The third-order valence-corrected chi connectivity index (χ3v) is 3.59. The lowest BCUT2D eigenvalue weighted by atomic mass is 10.3. The third kappa shape index (κ3) is 7.90. The molecule has 3 nitrogen and oxygen atoms in total. The van der Waals surface area contributed by atoms with E-state index in [0.717, 1.165) is 18.7 Å². The smallest absolute Gasteiger partial charge is 0.306 e. The molecule has 0 spiro atoms. The minimum absolute atomic E-state index is 0.0377. The summed E-state index contributed by atoms with van der Waals surface area (Å²) in [4.78, 5) is 14.9. The Hall–Kier alpha value is -1.00. The van der Waals surface area contributed by atoms with Crippen LogP contribution in [0.3, 0.4) is 0 Å². The lowest BCUT2D eigenvalue weighted by Crippen LogP contribution is -2.27. The van der Waals surface area contributed by atoms with Gasteiger partial charge in [0.05, 0.1) is 0 Å².